The predicted octanol–water partition coefficient (Wildman–Crippen LogP) is 3.14. The Morgan fingerprint density at radius 3 is 2.84 bits per heavy atom. The van der Waals surface area contributed by atoms with E-state index in [-0.39, 0.29) is 5.78 Å². The van der Waals surface area contributed by atoms with Gasteiger partial charge in [-0.05, 0) is 34.1 Å². The van der Waals surface area contributed by atoms with Crippen molar-refractivity contribution in [2.45, 2.75) is 0 Å². The first-order chi connectivity index (χ1) is 9.16. The minimum Gasteiger partial charge on any atom is -0.398 e. The van der Waals surface area contributed by atoms with Gasteiger partial charge in [-0.2, -0.15) is 0 Å². The summed E-state index contributed by atoms with van der Waals surface area (Å²) in [5.74, 6) is -0.107. The number of ketones is 1. The van der Waals surface area contributed by atoms with Gasteiger partial charge in [0, 0.05) is 39.1 Å². The molecule has 0 atom stereocenters. The molecule has 4 nitrogen and oxygen atoms in total. The number of hydrogen-bond donors (Lipinski definition) is 2. The quantitative estimate of drug-likeness (QED) is 0.563. The summed E-state index contributed by atoms with van der Waals surface area (Å²) in [5.41, 5.74) is 8.08. The Balaban J connectivity index is 2.17. The third kappa shape index (κ3) is 2.02. The lowest BCUT2D eigenvalue weighted by Crippen LogP contribution is -2.04. The third-order valence-electron chi connectivity index (χ3n) is 2.95. The number of nitrogens with one attached hydrogen (secondary N) is 1. The van der Waals surface area contributed by atoms with Crippen LogP contribution in [0.2, 0.25) is 0 Å². The number of hydrogen-bond acceptors (Lipinski definition) is 3. The van der Waals surface area contributed by atoms with Crippen LogP contribution in [0.1, 0.15) is 15.9 Å². The maximum absolute atomic E-state index is 12.5. The van der Waals surface area contributed by atoms with Gasteiger partial charge in [0.05, 0.1) is 0 Å². The van der Waals surface area contributed by atoms with E-state index in [1.54, 1.807) is 36.7 Å². The molecule has 0 aliphatic carbocycles. The minimum absolute atomic E-state index is 0.107. The van der Waals surface area contributed by atoms with E-state index in [9.17, 15) is 4.79 Å². The van der Waals surface area contributed by atoms with Gasteiger partial charge in [-0.25, -0.2) is 4.98 Å². The van der Waals surface area contributed by atoms with Crippen molar-refractivity contribution in [1.29, 1.82) is 0 Å². The number of pyridine rings is 1. The van der Waals surface area contributed by atoms with Crippen LogP contribution in [0, 0.1) is 0 Å². The summed E-state index contributed by atoms with van der Waals surface area (Å²) < 4.78 is 0.828. The van der Waals surface area contributed by atoms with Crippen molar-refractivity contribution in [3.8, 4) is 0 Å². The highest BCUT2D eigenvalue weighted by Gasteiger charge is 2.16. The molecule has 0 unspecified atom stereocenters. The van der Waals surface area contributed by atoms with E-state index in [4.69, 9.17) is 5.73 Å². The van der Waals surface area contributed by atoms with Gasteiger partial charge in [0.15, 0.2) is 5.78 Å². The fraction of sp³-hybridized carbons (Fsp3) is 0. The van der Waals surface area contributed by atoms with Gasteiger partial charge in [0.1, 0.15) is 5.65 Å². The third-order valence-corrected chi connectivity index (χ3v) is 3.38. The van der Waals surface area contributed by atoms with Crippen LogP contribution < -0.4 is 5.73 Å². The maximum Gasteiger partial charge on any atom is 0.197 e. The number of aromatic nitrogens is 2. The van der Waals surface area contributed by atoms with E-state index in [0.29, 0.717) is 22.5 Å². The summed E-state index contributed by atoms with van der Waals surface area (Å²) >= 11 is 3.36. The van der Waals surface area contributed by atoms with Crippen molar-refractivity contribution in [2.24, 2.45) is 0 Å². The second kappa shape index (κ2) is 4.51. The lowest BCUT2D eigenvalue weighted by Gasteiger charge is -2.03. The topological polar surface area (TPSA) is 71.8 Å². The standard InChI is InChI=1S/C14H10BrN3O/c15-8-5-10-11(7-18-14(10)17-6-8)13(19)9-3-1-2-4-12(9)16/h1-7H,16H2,(H,17,18). The SMILES string of the molecule is Nc1ccccc1C(=O)c1c[nH]c2ncc(Br)cc12. The maximum atomic E-state index is 12.5. The number of H-pyrrole nitrogens is 1. The number of para-hydroxylation sites is 1. The molecule has 3 rings (SSSR count). The molecule has 94 valence electrons. The zero-order valence-corrected chi connectivity index (χ0v) is 11.4. The Hall–Kier alpha value is -2.14. The molecule has 19 heavy (non-hydrogen) atoms. The van der Waals surface area contributed by atoms with Crippen LogP contribution in [0.25, 0.3) is 11.0 Å². The monoisotopic (exact) mass is 315 g/mol. The van der Waals surface area contributed by atoms with Gasteiger partial charge in [-0.15, -0.1) is 0 Å². The molecule has 2 aromatic heterocycles. The molecule has 0 saturated carbocycles. The van der Waals surface area contributed by atoms with Crippen molar-refractivity contribution in [1.82, 2.24) is 9.97 Å². The molecular formula is C14H10BrN3O. The number of nitrogen functional groups attached to an aromatic ring is 1. The minimum atomic E-state index is -0.107. The van der Waals surface area contributed by atoms with Gasteiger partial charge >= 0.3 is 0 Å². The molecule has 0 spiro atoms. The molecule has 3 aromatic rings. The van der Waals surface area contributed by atoms with Crippen molar-refractivity contribution >= 4 is 38.4 Å². The van der Waals surface area contributed by atoms with Crippen LogP contribution in [0.4, 0.5) is 5.69 Å². The van der Waals surface area contributed by atoms with E-state index in [0.717, 1.165) is 9.86 Å². The fourth-order valence-corrected chi connectivity index (χ4v) is 2.35. The van der Waals surface area contributed by atoms with Crippen molar-refractivity contribution in [3.63, 3.8) is 0 Å². The zero-order valence-electron chi connectivity index (χ0n) is 9.85. The van der Waals surface area contributed by atoms with Crippen LogP contribution in [0.3, 0.4) is 0 Å². The zero-order chi connectivity index (χ0) is 13.4. The number of nitrogens with two attached hydrogens (primary N) is 1. The van der Waals surface area contributed by atoms with E-state index < -0.39 is 0 Å². The molecule has 5 heteroatoms. The Labute approximate surface area is 117 Å². The molecule has 0 amide bonds. The van der Waals surface area contributed by atoms with Crippen LogP contribution in [-0.2, 0) is 0 Å². The molecule has 0 radical (unpaired) electrons. The second-order valence-corrected chi connectivity index (χ2v) is 5.08. The first kappa shape index (κ1) is 11.9. The molecule has 0 bridgehead atoms. The van der Waals surface area contributed by atoms with Crippen LogP contribution in [0.5, 0.6) is 0 Å². The number of fused-ring (bicyclic) bond motifs is 1. The van der Waals surface area contributed by atoms with Crippen molar-refractivity contribution < 1.29 is 4.79 Å². The smallest absolute Gasteiger partial charge is 0.197 e. The van der Waals surface area contributed by atoms with Crippen LogP contribution >= 0.6 is 15.9 Å². The average molecular weight is 316 g/mol. The highest BCUT2D eigenvalue weighted by Crippen LogP contribution is 2.24. The Morgan fingerprint density at radius 1 is 1.26 bits per heavy atom. The molecule has 0 saturated heterocycles. The number of rotatable bonds is 2. The second-order valence-electron chi connectivity index (χ2n) is 4.17. The number of carbonyl (C=O) groups excluding carboxylic acids is 1. The highest BCUT2D eigenvalue weighted by atomic mass is 79.9. The molecule has 3 N–H and O–H groups in total. The Kier molecular flexibility index (Phi) is 2.83. The number of aromatic amines is 1. The molecule has 1 aromatic carbocycles. The van der Waals surface area contributed by atoms with Gasteiger partial charge in [0.25, 0.3) is 0 Å². The summed E-state index contributed by atoms with van der Waals surface area (Å²) in [4.78, 5) is 19.7. The lowest BCUT2D eigenvalue weighted by atomic mass is 10.0. The average Bonchev–Trinajstić information content (AvgIpc) is 2.81. The first-order valence-electron chi connectivity index (χ1n) is 5.68. The van der Waals surface area contributed by atoms with Crippen LogP contribution in [-0.4, -0.2) is 15.8 Å². The van der Waals surface area contributed by atoms with E-state index in [2.05, 4.69) is 25.9 Å². The lowest BCUT2D eigenvalue weighted by molar-refractivity contribution is 0.104. The molecule has 0 fully saturated rings. The molecule has 2 heterocycles. The Bertz CT molecular complexity index is 779. The summed E-state index contributed by atoms with van der Waals surface area (Å²) in [6.07, 6.45) is 3.35. The number of benzene rings is 1. The molecular weight excluding hydrogens is 306 g/mol. The largest absolute Gasteiger partial charge is 0.398 e. The normalized spacial score (nSPS) is 10.8. The summed E-state index contributed by atoms with van der Waals surface area (Å²) in [6, 6.07) is 8.91. The molecule has 0 aliphatic heterocycles. The number of carbonyl (C=O) groups is 1. The van der Waals surface area contributed by atoms with E-state index in [1.165, 1.54) is 0 Å². The van der Waals surface area contributed by atoms with Gasteiger partial charge in [-0.3, -0.25) is 4.79 Å². The summed E-state index contributed by atoms with van der Waals surface area (Å²) in [7, 11) is 0. The highest BCUT2D eigenvalue weighted by molar-refractivity contribution is 9.10. The molecule has 0 aliphatic rings. The van der Waals surface area contributed by atoms with Crippen molar-refractivity contribution in [2.75, 3.05) is 5.73 Å². The predicted molar refractivity (Wildman–Crippen MR) is 78.1 cm³/mol. The summed E-state index contributed by atoms with van der Waals surface area (Å²) in [6.45, 7) is 0. The number of nitrogens with zero attached hydrogens (tertiary/aromatic N) is 1. The van der Waals surface area contributed by atoms with E-state index >= 15 is 0 Å². The van der Waals surface area contributed by atoms with Gasteiger partial charge < -0.3 is 10.7 Å². The summed E-state index contributed by atoms with van der Waals surface area (Å²) in [5, 5.41) is 0.780. The van der Waals surface area contributed by atoms with Crippen LogP contribution in [0.15, 0.2) is 47.2 Å². The first-order valence-corrected chi connectivity index (χ1v) is 6.48. The van der Waals surface area contributed by atoms with Crippen molar-refractivity contribution in [3.05, 3.63) is 58.3 Å². The number of halogens is 1. The Morgan fingerprint density at radius 2 is 2.05 bits per heavy atom. The van der Waals surface area contributed by atoms with E-state index in [1.807, 2.05) is 6.07 Å². The fourth-order valence-electron chi connectivity index (χ4n) is 2.01. The van der Waals surface area contributed by atoms with Gasteiger partial charge in [0.2, 0.25) is 0 Å². The number of anilines is 1. The van der Waals surface area contributed by atoms with Gasteiger partial charge in [-0.1, -0.05) is 12.1 Å².